The zero-order valence-corrected chi connectivity index (χ0v) is 21.4. The number of esters is 1. The van der Waals surface area contributed by atoms with Gasteiger partial charge in [0, 0.05) is 37.1 Å². The summed E-state index contributed by atoms with van der Waals surface area (Å²) in [5.74, 6) is -0.225. The Hall–Kier alpha value is -3.20. The van der Waals surface area contributed by atoms with Crippen LogP contribution in [-0.2, 0) is 25.6 Å². The number of carbonyl (C=O) groups is 3. The molecule has 9 nitrogen and oxygen atoms in total. The molecule has 1 unspecified atom stereocenters. The molecule has 2 N–H and O–H groups in total. The van der Waals surface area contributed by atoms with Crippen molar-refractivity contribution in [3.63, 3.8) is 0 Å². The normalized spacial score (nSPS) is 20.8. The topological polar surface area (TPSA) is 125 Å². The fraction of sp³-hybridized carbons (Fsp3) is 0.556. The molecule has 0 bridgehead atoms. The highest BCUT2D eigenvalue weighted by Crippen LogP contribution is 2.39. The van der Waals surface area contributed by atoms with Crippen molar-refractivity contribution < 1.29 is 28.3 Å². The minimum Gasteiger partial charge on any atom is -0.460 e. The molecule has 4 rings (SSSR count). The summed E-state index contributed by atoms with van der Waals surface area (Å²) in [6, 6.07) is 4.66. The van der Waals surface area contributed by atoms with E-state index in [0.29, 0.717) is 5.56 Å². The summed E-state index contributed by atoms with van der Waals surface area (Å²) >= 11 is 0. The average molecular weight is 498 g/mol. The van der Waals surface area contributed by atoms with Gasteiger partial charge < -0.3 is 24.5 Å². The largest absolute Gasteiger partial charge is 0.460 e. The third kappa shape index (κ3) is 5.61. The Morgan fingerprint density at radius 3 is 2.58 bits per heavy atom. The van der Waals surface area contributed by atoms with E-state index in [-0.39, 0.29) is 37.3 Å². The Labute approximate surface area is 211 Å². The molecule has 0 radical (unpaired) electrons. The van der Waals surface area contributed by atoms with Gasteiger partial charge in [-0.1, -0.05) is 6.07 Å². The van der Waals surface area contributed by atoms with E-state index >= 15 is 0 Å². The molecule has 1 aliphatic carbocycles. The molecule has 1 aromatic heterocycles. The number of nitrogens with two attached hydrogens (primary N) is 1. The van der Waals surface area contributed by atoms with Crippen LogP contribution >= 0.6 is 0 Å². The third-order valence-corrected chi connectivity index (χ3v) is 6.93. The smallest absolute Gasteiger partial charge is 0.306 e. The number of fused-ring (bicyclic) bond motifs is 1. The summed E-state index contributed by atoms with van der Waals surface area (Å²) in [6.07, 6.45) is 5.75. The van der Waals surface area contributed by atoms with Gasteiger partial charge in [-0.2, -0.15) is 0 Å². The van der Waals surface area contributed by atoms with Crippen LogP contribution in [0.1, 0.15) is 86.9 Å². The van der Waals surface area contributed by atoms with Gasteiger partial charge in [0.1, 0.15) is 23.1 Å². The first-order valence-corrected chi connectivity index (χ1v) is 12.5. The van der Waals surface area contributed by atoms with Crippen LogP contribution in [0.2, 0.25) is 0 Å². The van der Waals surface area contributed by atoms with Crippen LogP contribution < -0.4 is 5.73 Å². The maximum Gasteiger partial charge on any atom is 0.306 e. The first-order valence-electron chi connectivity index (χ1n) is 12.5. The van der Waals surface area contributed by atoms with Gasteiger partial charge in [-0.15, -0.1) is 0 Å². The van der Waals surface area contributed by atoms with E-state index in [1.165, 1.54) is 11.3 Å². The lowest BCUT2D eigenvalue weighted by molar-refractivity contribution is -0.155. The predicted octanol–water partition coefficient (Wildman–Crippen LogP) is 3.95. The minimum absolute atomic E-state index is 0.0101. The summed E-state index contributed by atoms with van der Waals surface area (Å²) < 4.78 is 16.6. The highest BCUT2D eigenvalue weighted by atomic mass is 16.6. The highest BCUT2D eigenvalue weighted by Gasteiger charge is 2.36. The van der Waals surface area contributed by atoms with Crippen LogP contribution in [0.5, 0.6) is 0 Å². The molecule has 1 saturated carbocycles. The monoisotopic (exact) mass is 497 g/mol. The summed E-state index contributed by atoms with van der Waals surface area (Å²) in [4.78, 5) is 43.5. The quantitative estimate of drug-likeness (QED) is 0.548. The van der Waals surface area contributed by atoms with Gasteiger partial charge in [-0.25, -0.2) is 4.98 Å². The van der Waals surface area contributed by atoms with Crippen molar-refractivity contribution in [1.29, 1.82) is 0 Å². The van der Waals surface area contributed by atoms with Gasteiger partial charge in [0.15, 0.2) is 6.39 Å². The number of primary amides is 1. The third-order valence-electron chi connectivity index (χ3n) is 6.93. The molecule has 1 aliphatic heterocycles. The van der Waals surface area contributed by atoms with Crippen molar-refractivity contribution in [2.45, 2.75) is 89.5 Å². The molecule has 9 heteroatoms. The zero-order valence-electron chi connectivity index (χ0n) is 21.4. The first kappa shape index (κ1) is 25.9. The molecule has 1 atom stereocenters. The Balaban J connectivity index is 1.49. The predicted molar refractivity (Wildman–Crippen MR) is 132 cm³/mol. The lowest BCUT2D eigenvalue weighted by atomic mass is 9.84. The molecule has 2 aromatic rings. The number of methoxy groups -OCH3 is 1. The lowest BCUT2D eigenvalue weighted by Crippen LogP contribution is -2.45. The first-order chi connectivity index (χ1) is 17.1. The number of ether oxygens (including phenoxy) is 2. The summed E-state index contributed by atoms with van der Waals surface area (Å²) in [5.41, 5.74) is 7.97. The Morgan fingerprint density at radius 1 is 1.22 bits per heavy atom. The number of hydrogen-bond acceptors (Lipinski definition) is 7. The highest BCUT2D eigenvalue weighted by molar-refractivity contribution is 6.01. The second kappa shape index (κ2) is 10.4. The molecule has 194 valence electrons. The van der Waals surface area contributed by atoms with E-state index in [0.717, 1.165) is 48.3 Å². The molecule has 36 heavy (non-hydrogen) atoms. The molecule has 2 amide bonds. The van der Waals surface area contributed by atoms with Crippen molar-refractivity contribution in [3.05, 3.63) is 41.5 Å². The number of amides is 2. The number of oxazole rings is 1. The number of nitrogens with zero attached hydrogens (tertiary/aromatic N) is 2. The van der Waals surface area contributed by atoms with E-state index in [1.807, 2.05) is 12.1 Å². The van der Waals surface area contributed by atoms with Gasteiger partial charge >= 0.3 is 5.97 Å². The lowest BCUT2D eigenvalue weighted by Gasteiger charge is -2.26. The fourth-order valence-electron chi connectivity index (χ4n) is 5.16. The van der Waals surface area contributed by atoms with Gasteiger partial charge in [-0.05, 0) is 70.6 Å². The minimum atomic E-state index is -0.903. The molecule has 1 aromatic carbocycles. The standard InChI is InChI=1S/C27H35N3O6/c1-27(2,3)36-22(31)12-11-21(25(28)32)30-14-18-13-17(7-10-20(18)26(30)33)23-24(35-15-29-23)16-5-8-19(34-4)9-6-16/h7,10,13,15-16,19,21H,5-6,8-9,11-12,14H2,1-4H3,(H2,28,32). The van der Waals surface area contributed by atoms with Crippen LogP contribution in [0.15, 0.2) is 29.0 Å². The number of rotatable bonds is 8. The molecular weight excluding hydrogens is 462 g/mol. The van der Waals surface area contributed by atoms with E-state index in [4.69, 9.17) is 19.6 Å². The van der Waals surface area contributed by atoms with E-state index in [1.54, 1.807) is 33.9 Å². The average Bonchev–Trinajstić information content (AvgIpc) is 3.43. The Kier molecular flexibility index (Phi) is 7.49. The molecule has 0 spiro atoms. The van der Waals surface area contributed by atoms with Gasteiger partial charge in [0.25, 0.3) is 5.91 Å². The fourth-order valence-corrected chi connectivity index (χ4v) is 5.16. The van der Waals surface area contributed by atoms with Crippen molar-refractivity contribution in [1.82, 2.24) is 9.88 Å². The van der Waals surface area contributed by atoms with Crippen LogP contribution in [-0.4, -0.2) is 52.5 Å². The second-order valence-corrected chi connectivity index (χ2v) is 10.6. The van der Waals surface area contributed by atoms with Gasteiger partial charge in [0.05, 0.1) is 6.10 Å². The van der Waals surface area contributed by atoms with Crippen LogP contribution in [0, 0.1) is 0 Å². The van der Waals surface area contributed by atoms with Crippen molar-refractivity contribution in [2.24, 2.45) is 5.73 Å². The van der Waals surface area contributed by atoms with Gasteiger partial charge in [-0.3, -0.25) is 14.4 Å². The maximum atomic E-state index is 13.1. The van der Waals surface area contributed by atoms with E-state index in [2.05, 4.69) is 4.98 Å². The van der Waals surface area contributed by atoms with Crippen molar-refractivity contribution in [2.75, 3.05) is 7.11 Å². The molecule has 1 fully saturated rings. The van der Waals surface area contributed by atoms with Crippen LogP contribution in [0.4, 0.5) is 0 Å². The number of carbonyl (C=O) groups excluding carboxylic acids is 3. The molecule has 0 saturated heterocycles. The summed E-state index contributed by atoms with van der Waals surface area (Å²) in [6.45, 7) is 5.56. The van der Waals surface area contributed by atoms with Gasteiger partial charge in [0.2, 0.25) is 5.91 Å². The van der Waals surface area contributed by atoms with Crippen molar-refractivity contribution in [3.8, 4) is 11.3 Å². The number of hydrogen-bond donors (Lipinski definition) is 1. The second-order valence-electron chi connectivity index (χ2n) is 10.6. The Bertz CT molecular complexity index is 1130. The SMILES string of the molecule is COC1CCC(c2ocnc2-c2ccc3c(c2)CN(C(CCC(=O)OC(C)(C)C)C(N)=O)C3=O)CC1. The zero-order chi connectivity index (χ0) is 26.0. The molecular formula is C27H35N3O6. The van der Waals surface area contributed by atoms with Crippen molar-refractivity contribution >= 4 is 17.8 Å². The molecule has 2 heterocycles. The van der Waals surface area contributed by atoms with E-state index < -0.39 is 23.5 Å². The number of aromatic nitrogens is 1. The Morgan fingerprint density at radius 2 is 1.94 bits per heavy atom. The maximum absolute atomic E-state index is 13.1. The summed E-state index contributed by atoms with van der Waals surface area (Å²) in [7, 11) is 1.75. The molecule has 2 aliphatic rings. The number of benzene rings is 1. The van der Waals surface area contributed by atoms with Crippen LogP contribution in [0.3, 0.4) is 0 Å². The van der Waals surface area contributed by atoms with E-state index in [9.17, 15) is 14.4 Å². The van der Waals surface area contributed by atoms with Crippen LogP contribution in [0.25, 0.3) is 11.3 Å². The summed E-state index contributed by atoms with van der Waals surface area (Å²) in [5, 5.41) is 0.